The molecule has 3 aromatic rings. The minimum atomic E-state index is -0.229. The Morgan fingerprint density at radius 2 is 1.67 bits per heavy atom. The fourth-order valence-electron chi connectivity index (χ4n) is 3.43. The second-order valence-electron chi connectivity index (χ2n) is 6.95. The van der Waals surface area contributed by atoms with Gasteiger partial charge in [0.2, 0.25) is 0 Å². The highest BCUT2D eigenvalue weighted by Crippen LogP contribution is 2.33. The zero-order valence-corrected chi connectivity index (χ0v) is 19.7. The number of carbonyl (C=O) groups excluding carboxylic acids is 2. The van der Waals surface area contributed by atoms with Gasteiger partial charge in [-0.3, -0.25) is 0 Å². The normalized spacial score (nSPS) is 12.2. The summed E-state index contributed by atoms with van der Waals surface area (Å²) in [6.07, 6.45) is 2.70. The lowest BCUT2D eigenvalue weighted by Crippen LogP contribution is -2.10. The highest BCUT2D eigenvalue weighted by molar-refractivity contribution is 7.17. The fourth-order valence-corrected chi connectivity index (χ4v) is 5.58. The Morgan fingerprint density at radius 3 is 2.30 bits per heavy atom. The Balaban J connectivity index is 0.000000172. The number of thiophene rings is 2. The van der Waals surface area contributed by atoms with Gasteiger partial charge >= 0.3 is 11.9 Å². The van der Waals surface area contributed by atoms with E-state index in [1.54, 1.807) is 22.7 Å². The van der Waals surface area contributed by atoms with Gasteiger partial charge in [-0.15, -0.1) is 22.7 Å². The molecule has 0 N–H and O–H groups in total. The SMILES string of the molecule is CCOC(=O)C1=Cc2c(C)csc2C1.CCOC(=O)c1cc2c(C)csc2n1CC. The van der Waals surface area contributed by atoms with E-state index in [4.69, 9.17) is 9.47 Å². The van der Waals surface area contributed by atoms with Crippen molar-refractivity contribution in [2.24, 2.45) is 0 Å². The van der Waals surface area contributed by atoms with Crippen LogP contribution in [0, 0.1) is 13.8 Å². The highest BCUT2D eigenvalue weighted by Gasteiger charge is 2.22. The average Bonchev–Trinajstić information content (AvgIpc) is 3.46. The Hall–Kier alpha value is -2.38. The molecule has 0 bridgehead atoms. The molecule has 0 unspecified atom stereocenters. The molecule has 0 saturated carbocycles. The fraction of sp³-hybridized carbons (Fsp3) is 0.391. The van der Waals surface area contributed by atoms with Gasteiger partial charge in [-0.05, 0) is 74.2 Å². The number of hydrogen-bond donors (Lipinski definition) is 0. The summed E-state index contributed by atoms with van der Waals surface area (Å²) in [5, 5.41) is 5.41. The van der Waals surface area contributed by atoms with Crippen LogP contribution in [0.4, 0.5) is 0 Å². The molecular formula is C23H27NO4S2. The zero-order valence-electron chi connectivity index (χ0n) is 18.0. The van der Waals surface area contributed by atoms with Gasteiger partial charge in [0, 0.05) is 28.8 Å². The van der Waals surface area contributed by atoms with Crippen LogP contribution < -0.4 is 0 Å². The quantitative estimate of drug-likeness (QED) is 0.468. The molecule has 5 nitrogen and oxygen atoms in total. The Labute approximate surface area is 184 Å². The highest BCUT2D eigenvalue weighted by atomic mass is 32.1. The van der Waals surface area contributed by atoms with Crippen molar-refractivity contribution in [2.75, 3.05) is 13.2 Å². The van der Waals surface area contributed by atoms with Crippen molar-refractivity contribution in [3.05, 3.63) is 49.7 Å². The summed E-state index contributed by atoms with van der Waals surface area (Å²) < 4.78 is 12.0. The van der Waals surface area contributed by atoms with Crippen LogP contribution in [0.1, 0.15) is 52.8 Å². The van der Waals surface area contributed by atoms with Gasteiger partial charge < -0.3 is 14.0 Å². The van der Waals surface area contributed by atoms with Crippen molar-refractivity contribution in [1.29, 1.82) is 0 Å². The molecule has 0 aromatic carbocycles. The Bertz CT molecular complexity index is 1100. The van der Waals surface area contributed by atoms with Crippen molar-refractivity contribution >= 4 is 50.9 Å². The predicted molar refractivity (Wildman–Crippen MR) is 124 cm³/mol. The van der Waals surface area contributed by atoms with Crippen LogP contribution >= 0.6 is 22.7 Å². The first-order chi connectivity index (χ1) is 14.4. The number of rotatable bonds is 5. The molecule has 0 amide bonds. The minimum Gasteiger partial charge on any atom is -0.463 e. The summed E-state index contributed by atoms with van der Waals surface area (Å²) in [5.41, 5.74) is 5.14. The molecule has 0 fully saturated rings. The smallest absolute Gasteiger partial charge is 0.354 e. The lowest BCUT2D eigenvalue weighted by molar-refractivity contribution is -0.138. The predicted octanol–water partition coefficient (Wildman–Crippen LogP) is 5.77. The van der Waals surface area contributed by atoms with Gasteiger partial charge in [0.25, 0.3) is 0 Å². The number of ether oxygens (including phenoxy) is 2. The summed E-state index contributed by atoms with van der Waals surface area (Å²) in [7, 11) is 0. The number of fused-ring (bicyclic) bond motifs is 2. The molecule has 0 saturated heterocycles. The zero-order chi connectivity index (χ0) is 21.8. The summed E-state index contributed by atoms with van der Waals surface area (Å²) in [5.74, 6) is -0.401. The lowest BCUT2D eigenvalue weighted by Gasteiger charge is -2.05. The van der Waals surface area contributed by atoms with Gasteiger partial charge in [0.1, 0.15) is 10.5 Å². The molecule has 3 aromatic heterocycles. The summed E-state index contributed by atoms with van der Waals surface area (Å²) in [6.45, 7) is 11.5. The van der Waals surface area contributed by atoms with Crippen LogP contribution in [-0.2, 0) is 27.2 Å². The van der Waals surface area contributed by atoms with Crippen LogP contribution in [0.2, 0.25) is 0 Å². The first kappa shape index (κ1) is 22.3. The number of hydrogen-bond acceptors (Lipinski definition) is 6. The largest absolute Gasteiger partial charge is 0.463 e. The standard InChI is InChI=1S/C12H15NO2S.C11H12O2S/c1-4-13-10(12(14)15-5-2)6-9-8(3)7-16-11(9)13;1-3-13-11(12)8-4-9-7(2)6-14-10(9)5-8/h6-7H,4-5H2,1-3H3;4,6H,3,5H2,1-2H3. The summed E-state index contributed by atoms with van der Waals surface area (Å²) >= 11 is 3.39. The third-order valence-corrected chi connectivity index (χ3v) is 7.19. The average molecular weight is 446 g/mol. The molecule has 0 atom stereocenters. The monoisotopic (exact) mass is 445 g/mol. The first-order valence-corrected chi connectivity index (χ1v) is 11.9. The minimum absolute atomic E-state index is 0.171. The number of aromatic nitrogens is 1. The van der Waals surface area contributed by atoms with Crippen molar-refractivity contribution in [3.8, 4) is 0 Å². The molecule has 0 spiro atoms. The van der Waals surface area contributed by atoms with E-state index in [0.29, 0.717) is 18.9 Å². The number of aryl methyl sites for hydroxylation is 3. The van der Waals surface area contributed by atoms with Gasteiger partial charge in [0.15, 0.2) is 0 Å². The van der Waals surface area contributed by atoms with E-state index in [2.05, 4.69) is 24.6 Å². The molecular weight excluding hydrogens is 418 g/mol. The molecule has 160 valence electrons. The maximum absolute atomic E-state index is 11.8. The van der Waals surface area contributed by atoms with Crippen molar-refractivity contribution in [1.82, 2.24) is 4.57 Å². The van der Waals surface area contributed by atoms with E-state index in [1.165, 1.54) is 21.6 Å². The molecule has 1 aliphatic rings. The topological polar surface area (TPSA) is 57.5 Å². The van der Waals surface area contributed by atoms with Gasteiger partial charge in [-0.1, -0.05) is 0 Å². The number of esters is 2. The second-order valence-corrected chi connectivity index (χ2v) is 8.78. The third-order valence-electron chi connectivity index (χ3n) is 4.93. The summed E-state index contributed by atoms with van der Waals surface area (Å²) in [6, 6.07) is 1.93. The molecule has 7 heteroatoms. The van der Waals surface area contributed by atoms with Crippen LogP contribution in [0.25, 0.3) is 16.3 Å². The Kier molecular flexibility index (Phi) is 7.15. The van der Waals surface area contributed by atoms with Crippen LogP contribution in [0.3, 0.4) is 0 Å². The van der Waals surface area contributed by atoms with Crippen molar-refractivity contribution in [2.45, 2.75) is 47.6 Å². The van der Waals surface area contributed by atoms with Crippen molar-refractivity contribution in [3.63, 3.8) is 0 Å². The van der Waals surface area contributed by atoms with E-state index in [1.807, 2.05) is 37.5 Å². The van der Waals surface area contributed by atoms with Gasteiger partial charge in [-0.25, -0.2) is 9.59 Å². The second kappa shape index (κ2) is 9.62. The van der Waals surface area contributed by atoms with Crippen LogP contribution in [-0.4, -0.2) is 29.7 Å². The van der Waals surface area contributed by atoms with Gasteiger partial charge in [0.05, 0.1) is 13.2 Å². The molecule has 0 radical (unpaired) electrons. The molecule has 3 heterocycles. The van der Waals surface area contributed by atoms with E-state index >= 15 is 0 Å². The van der Waals surface area contributed by atoms with Crippen LogP contribution in [0.15, 0.2) is 22.4 Å². The van der Waals surface area contributed by atoms with E-state index < -0.39 is 0 Å². The third kappa shape index (κ3) is 4.37. The number of nitrogens with zero attached hydrogens (tertiary/aromatic N) is 1. The molecule has 0 aliphatic heterocycles. The lowest BCUT2D eigenvalue weighted by atomic mass is 10.2. The summed E-state index contributed by atoms with van der Waals surface area (Å²) in [4.78, 5) is 25.6. The molecule has 4 rings (SSSR count). The maximum atomic E-state index is 11.8. The van der Waals surface area contributed by atoms with E-state index in [9.17, 15) is 9.59 Å². The number of carbonyl (C=O) groups is 2. The van der Waals surface area contributed by atoms with E-state index in [-0.39, 0.29) is 11.9 Å². The van der Waals surface area contributed by atoms with Crippen molar-refractivity contribution < 1.29 is 19.1 Å². The van der Waals surface area contributed by atoms with E-state index in [0.717, 1.165) is 28.8 Å². The molecule has 30 heavy (non-hydrogen) atoms. The molecule has 1 aliphatic carbocycles. The Morgan fingerprint density at radius 1 is 1.00 bits per heavy atom. The van der Waals surface area contributed by atoms with Crippen LogP contribution in [0.5, 0.6) is 0 Å². The first-order valence-electron chi connectivity index (χ1n) is 10.1. The van der Waals surface area contributed by atoms with Gasteiger partial charge in [-0.2, -0.15) is 0 Å². The maximum Gasteiger partial charge on any atom is 0.354 e.